The van der Waals surface area contributed by atoms with Crippen LogP contribution in [0.5, 0.6) is 0 Å². The summed E-state index contributed by atoms with van der Waals surface area (Å²) in [5, 5.41) is 9.10. The highest BCUT2D eigenvalue weighted by atomic mass is 16.6. The number of carbonyl (C=O) groups is 3. The van der Waals surface area contributed by atoms with Crippen molar-refractivity contribution in [1.29, 1.82) is 0 Å². The van der Waals surface area contributed by atoms with Crippen molar-refractivity contribution in [1.82, 2.24) is 4.90 Å². The van der Waals surface area contributed by atoms with E-state index in [0.717, 1.165) is 0 Å². The second-order valence-electron chi connectivity index (χ2n) is 6.85. The van der Waals surface area contributed by atoms with Crippen molar-refractivity contribution >= 4 is 17.8 Å². The van der Waals surface area contributed by atoms with E-state index in [2.05, 4.69) is 0 Å². The second kappa shape index (κ2) is 7.74. The molecule has 5 N–H and O–H groups in total. The maximum atomic E-state index is 12.3. The average molecular weight is 329 g/mol. The number of rotatable bonds is 6. The van der Waals surface area contributed by atoms with Gasteiger partial charge in [-0.1, -0.05) is 0 Å². The van der Waals surface area contributed by atoms with Crippen LogP contribution in [0.4, 0.5) is 0 Å². The Morgan fingerprint density at radius 2 is 1.78 bits per heavy atom. The first kappa shape index (κ1) is 19.4. The maximum absolute atomic E-state index is 12.3. The molecule has 0 aromatic rings. The summed E-state index contributed by atoms with van der Waals surface area (Å²) >= 11 is 0. The lowest BCUT2D eigenvalue weighted by molar-refractivity contribution is -0.156. The Balaban J connectivity index is 2.49. The summed E-state index contributed by atoms with van der Waals surface area (Å²) < 4.78 is 5.16. The highest BCUT2D eigenvalue weighted by molar-refractivity contribution is 5.87. The SMILES string of the molecule is CC(C)(C)OC(=O)C(N)CC[C@H](N)C(=O)N1CCC[C@H]1C(=O)O. The zero-order valence-corrected chi connectivity index (χ0v) is 13.9. The number of nitrogens with two attached hydrogens (primary N) is 2. The van der Waals surface area contributed by atoms with E-state index in [1.54, 1.807) is 20.8 Å². The van der Waals surface area contributed by atoms with Gasteiger partial charge in [0.25, 0.3) is 0 Å². The van der Waals surface area contributed by atoms with Crippen molar-refractivity contribution < 1.29 is 24.2 Å². The Morgan fingerprint density at radius 1 is 1.22 bits per heavy atom. The normalized spacial score (nSPS) is 20.9. The molecule has 3 atom stereocenters. The number of nitrogens with zero attached hydrogens (tertiary/aromatic N) is 1. The summed E-state index contributed by atoms with van der Waals surface area (Å²) in [5.74, 6) is -1.97. The van der Waals surface area contributed by atoms with Gasteiger partial charge in [-0.3, -0.25) is 9.59 Å². The number of esters is 1. The van der Waals surface area contributed by atoms with Crippen LogP contribution < -0.4 is 11.5 Å². The van der Waals surface area contributed by atoms with Crippen molar-refractivity contribution in [2.75, 3.05) is 6.54 Å². The molecule has 0 radical (unpaired) electrons. The predicted molar refractivity (Wildman–Crippen MR) is 83.4 cm³/mol. The lowest BCUT2D eigenvalue weighted by Gasteiger charge is -2.26. The molecular formula is C15H27N3O5. The molecule has 0 aromatic heterocycles. The van der Waals surface area contributed by atoms with Crippen molar-refractivity contribution in [3.63, 3.8) is 0 Å². The summed E-state index contributed by atoms with van der Waals surface area (Å²) in [6.07, 6.45) is 1.48. The second-order valence-corrected chi connectivity index (χ2v) is 6.85. The van der Waals surface area contributed by atoms with Gasteiger partial charge in [-0.05, 0) is 46.5 Å². The third-order valence-electron chi connectivity index (χ3n) is 3.64. The predicted octanol–water partition coefficient (Wildman–Crippen LogP) is -0.161. The molecule has 1 saturated heterocycles. The Bertz CT molecular complexity index is 461. The fraction of sp³-hybridized carbons (Fsp3) is 0.800. The number of hydrogen-bond donors (Lipinski definition) is 3. The molecule has 0 saturated carbocycles. The topological polar surface area (TPSA) is 136 Å². The summed E-state index contributed by atoms with van der Waals surface area (Å²) in [6.45, 7) is 5.62. The van der Waals surface area contributed by atoms with Gasteiger partial charge in [-0.25, -0.2) is 4.79 Å². The largest absolute Gasteiger partial charge is 0.480 e. The molecule has 1 aliphatic rings. The molecule has 8 heteroatoms. The van der Waals surface area contributed by atoms with Crippen LogP contribution in [0.25, 0.3) is 0 Å². The van der Waals surface area contributed by atoms with Gasteiger partial charge < -0.3 is 26.2 Å². The molecule has 1 heterocycles. The molecule has 0 aromatic carbocycles. The summed E-state index contributed by atoms with van der Waals surface area (Å²) in [7, 11) is 0. The first-order chi connectivity index (χ1) is 10.5. The molecule has 1 amide bonds. The number of aliphatic carboxylic acids is 1. The van der Waals surface area contributed by atoms with Crippen molar-refractivity contribution in [2.24, 2.45) is 11.5 Å². The smallest absolute Gasteiger partial charge is 0.326 e. The van der Waals surface area contributed by atoms with Crippen molar-refractivity contribution in [2.45, 2.75) is 70.2 Å². The Labute approximate surface area is 136 Å². The monoisotopic (exact) mass is 329 g/mol. The zero-order chi connectivity index (χ0) is 17.8. The quantitative estimate of drug-likeness (QED) is 0.576. The van der Waals surface area contributed by atoms with E-state index in [1.807, 2.05) is 0 Å². The number of likely N-dealkylation sites (tertiary alicyclic amines) is 1. The van der Waals surface area contributed by atoms with Crippen LogP contribution >= 0.6 is 0 Å². The van der Waals surface area contributed by atoms with E-state index < -0.39 is 41.6 Å². The van der Waals surface area contributed by atoms with Gasteiger partial charge in [0, 0.05) is 6.54 Å². The number of carbonyl (C=O) groups excluding carboxylic acids is 2. The van der Waals surface area contributed by atoms with E-state index in [9.17, 15) is 14.4 Å². The summed E-state index contributed by atoms with van der Waals surface area (Å²) in [6, 6.07) is -2.54. The minimum Gasteiger partial charge on any atom is -0.480 e. The van der Waals surface area contributed by atoms with Gasteiger partial charge in [-0.15, -0.1) is 0 Å². The van der Waals surface area contributed by atoms with E-state index in [4.69, 9.17) is 21.3 Å². The van der Waals surface area contributed by atoms with E-state index in [1.165, 1.54) is 4.90 Å². The highest BCUT2D eigenvalue weighted by Gasteiger charge is 2.36. The van der Waals surface area contributed by atoms with Gasteiger partial charge in [-0.2, -0.15) is 0 Å². The van der Waals surface area contributed by atoms with Crippen LogP contribution in [0.15, 0.2) is 0 Å². The fourth-order valence-corrected chi connectivity index (χ4v) is 2.48. The van der Waals surface area contributed by atoms with Gasteiger partial charge in [0.2, 0.25) is 5.91 Å². The Kier molecular flexibility index (Phi) is 6.52. The number of ether oxygens (including phenoxy) is 1. The average Bonchev–Trinajstić information content (AvgIpc) is 2.90. The maximum Gasteiger partial charge on any atom is 0.326 e. The molecule has 1 rings (SSSR count). The lowest BCUT2D eigenvalue weighted by Crippen LogP contribution is -2.49. The standard InChI is InChI=1S/C15H27N3O5/c1-15(2,3)23-14(22)10(17)7-6-9(16)12(19)18-8-4-5-11(18)13(20)21/h9-11H,4-8,16-17H2,1-3H3,(H,20,21)/t9-,10?,11-/m0/s1. The third kappa shape index (κ3) is 5.80. The van der Waals surface area contributed by atoms with Gasteiger partial charge in [0.05, 0.1) is 6.04 Å². The van der Waals surface area contributed by atoms with Crippen LogP contribution in [0.3, 0.4) is 0 Å². The molecule has 0 aliphatic carbocycles. The first-order valence-electron chi connectivity index (χ1n) is 7.80. The molecule has 1 aliphatic heterocycles. The van der Waals surface area contributed by atoms with E-state index in [-0.39, 0.29) is 12.8 Å². The fourth-order valence-electron chi connectivity index (χ4n) is 2.48. The molecule has 0 spiro atoms. The number of carboxylic acids is 1. The number of amides is 1. The van der Waals surface area contributed by atoms with E-state index >= 15 is 0 Å². The third-order valence-corrected chi connectivity index (χ3v) is 3.64. The molecule has 1 unspecified atom stereocenters. The lowest BCUT2D eigenvalue weighted by atomic mass is 10.1. The molecule has 8 nitrogen and oxygen atoms in total. The minimum atomic E-state index is -1.02. The van der Waals surface area contributed by atoms with Crippen molar-refractivity contribution in [3.8, 4) is 0 Å². The summed E-state index contributed by atoms with van der Waals surface area (Å²) in [4.78, 5) is 36.4. The molecular weight excluding hydrogens is 302 g/mol. The number of hydrogen-bond acceptors (Lipinski definition) is 6. The molecule has 132 valence electrons. The van der Waals surface area contributed by atoms with Crippen LogP contribution in [0.1, 0.15) is 46.5 Å². The van der Waals surface area contributed by atoms with Crippen LogP contribution in [-0.2, 0) is 19.1 Å². The first-order valence-corrected chi connectivity index (χ1v) is 7.80. The Morgan fingerprint density at radius 3 is 2.30 bits per heavy atom. The molecule has 23 heavy (non-hydrogen) atoms. The van der Waals surface area contributed by atoms with Crippen LogP contribution in [-0.4, -0.2) is 58.1 Å². The molecule has 1 fully saturated rings. The highest BCUT2D eigenvalue weighted by Crippen LogP contribution is 2.19. The van der Waals surface area contributed by atoms with Gasteiger partial charge >= 0.3 is 11.9 Å². The van der Waals surface area contributed by atoms with Gasteiger partial charge in [0.1, 0.15) is 17.7 Å². The van der Waals surface area contributed by atoms with Gasteiger partial charge in [0.15, 0.2) is 0 Å². The Hall–Kier alpha value is -1.67. The number of carboxylic acid groups (broad SMARTS) is 1. The van der Waals surface area contributed by atoms with Crippen LogP contribution in [0, 0.1) is 0 Å². The minimum absolute atomic E-state index is 0.197. The van der Waals surface area contributed by atoms with Crippen molar-refractivity contribution in [3.05, 3.63) is 0 Å². The van der Waals surface area contributed by atoms with Crippen LogP contribution in [0.2, 0.25) is 0 Å². The summed E-state index contributed by atoms with van der Waals surface area (Å²) in [5.41, 5.74) is 11.0. The zero-order valence-electron chi connectivity index (χ0n) is 13.9. The van der Waals surface area contributed by atoms with E-state index in [0.29, 0.717) is 19.4 Å². The molecule has 0 bridgehead atoms.